The third-order valence-electron chi connectivity index (χ3n) is 4.00. The molecule has 1 aromatic rings. The van der Waals surface area contributed by atoms with Crippen LogP contribution in [0.3, 0.4) is 0 Å². The number of halogens is 2. The largest absolute Gasteiger partial charge is 0.396 e. The number of hydrogen-bond donors (Lipinski definition) is 2. The van der Waals surface area contributed by atoms with E-state index in [-0.39, 0.29) is 26.5 Å². The van der Waals surface area contributed by atoms with Crippen LogP contribution in [-0.4, -0.2) is 14.5 Å². The molecule has 0 spiro atoms. The van der Waals surface area contributed by atoms with Crippen molar-refractivity contribution in [1.82, 2.24) is 4.72 Å². The molecule has 1 fully saturated rings. The van der Waals surface area contributed by atoms with Crippen molar-refractivity contribution in [1.29, 1.82) is 0 Å². The third kappa shape index (κ3) is 3.96. The van der Waals surface area contributed by atoms with Crippen molar-refractivity contribution in [3.63, 3.8) is 0 Å². The minimum absolute atomic E-state index is 0.0220. The van der Waals surface area contributed by atoms with E-state index in [1.165, 1.54) is 0 Å². The summed E-state index contributed by atoms with van der Waals surface area (Å²) in [6.07, 6.45) is 3.57. The van der Waals surface area contributed by atoms with Crippen molar-refractivity contribution >= 4 is 31.6 Å². The quantitative estimate of drug-likeness (QED) is 0.791. The van der Waals surface area contributed by atoms with Gasteiger partial charge in [0.05, 0.1) is 10.6 Å². The van der Waals surface area contributed by atoms with Gasteiger partial charge in [0.2, 0.25) is 10.0 Å². The number of sulfonamides is 1. The number of nitrogen functional groups attached to an aromatic ring is 1. The second-order valence-corrected chi connectivity index (χ2v) is 8.90. The summed E-state index contributed by atoms with van der Waals surface area (Å²) in [7, 11) is -3.71. The van der Waals surface area contributed by atoms with Gasteiger partial charge in [-0.15, -0.1) is 0 Å². The van der Waals surface area contributed by atoms with Crippen molar-refractivity contribution in [2.24, 2.45) is 5.41 Å². The number of anilines is 1. The number of hydrogen-bond acceptors (Lipinski definition) is 3. The van der Waals surface area contributed by atoms with Gasteiger partial charge in [-0.25, -0.2) is 17.5 Å². The molecule has 1 aliphatic rings. The Morgan fingerprint density at radius 3 is 2.48 bits per heavy atom. The first-order chi connectivity index (χ1) is 9.61. The average Bonchev–Trinajstić information content (AvgIpc) is 2.36. The second-order valence-electron chi connectivity index (χ2n) is 6.36. The Balaban J connectivity index is 2.18. The van der Waals surface area contributed by atoms with Crippen LogP contribution in [0, 0.1) is 11.2 Å². The highest BCUT2D eigenvalue weighted by Gasteiger charge is 2.30. The SMILES string of the molecule is CC1(C)CCC(NS(=O)(=O)c2cc(N)c(F)cc2Br)CC1. The van der Waals surface area contributed by atoms with Gasteiger partial charge in [-0.3, -0.25) is 0 Å². The van der Waals surface area contributed by atoms with Crippen LogP contribution in [0.1, 0.15) is 39.5 Å². The van der Waals surface area contributed by atoms with Crippen molar-refractivity contribution < 1.29 is 12.8 Å². The summed E-state index contributed by atoms with van der Waals surface area (Å²) in [5, 5.41) is 0. The molecular weight excluding hydrogens is 359 g/mol. The van der Waals surface area contributed by atoms with Crippen LogP contribution in [-0.2, 0) is 10.0 Å². The zero-order valence-electron chi connectivity index (χ0n) is 12.1. The van der Waals surface area contributed by atoms with E-state index in [0.717, 1.165) is 37.8 Å². The molecule has 3 N–H and O–H groups in total. The molecule has 1 saturated carbocycles. The van der Waals surface area contributed by atoms with E-state index < -0.39 is 15.8 Å². The summed E-state index contributed by atoms with van der Waals surface area (Å²) in [6, 6.07) is 2.14. The van der Waals surface area contributed by atoms with E-state index in [1.807, 2.05) is 0 Å². The minimum atomic E-state index is -3.71. The highest BCUT2D eigenvalue weighted by Crippen LogP contribution is 2.36. The van der Waals surface area contributed by atoms with Crippen molar-refractivity contribution in [2.45, 2.75) is 50.5 Å². The van der Waals surface area contributed by atoms with E-state index in [2.05, 4.69) is 34.5 Å². The molecule has 0 saturated heterocycles. The zero-order chi connectivity index (χ0) is 15.8. The zero-order valence-corrected chi connectivity index (χ0v) is 14.5. The Morgan fingerprint density at radius 2 is 1.90 bits per heavy atom. The van der Waals surface area contributed by atoms with Gasteiger partial charge < -0.3 is 5.73 Å². The molecular formula is C14H20BrFN2O2S. The molecule has 0 aliphatic heterocycles. The fourth-order valence-electron chi connectivity index (χ4n) is 2.55. The molecule has 0 unspecified atom stereocenters. The Kier molecular flexibility index (Phi) is 4.66. The number of nitrogens with two attached hydrogens (primary N) is 1. The van der Waals surface area contributed by atoms with Crippen LogP contribution in [0.4, 0.5) is 10.1 Å². The average molecular weight is 379 g/mol. The molecule has 1 aliphatic carbocycles. The maximum absolute atomic E-state index is 13.3. The van der Waals surface area contributed by atoms with Gasteiger partial charge in [-0.2, -0.15) is 0 Å². The first-order valence-electron chi connectivity index (χ1n) is 6.88. The molecule has 0 aromatic heterocycles. The van der Waals surface area contributed by atoms with Gasteiger partial charge >= 0.3 is 0 Å². The maximum atomic E-state index is 13.3. The topological polar surface area (TPSA) is 72.2 Å². The predicted octanol–water partition coefficient (Wildman–Crippen LogP) is 3.42. The lowest BCUT2D eigenvalue weighted by Crippen LogP contribution is -2.39. The highest BCUT2D eigenvalue weighted by molar-refractivity contribution is 9.10. The van der Waals surface area contributed by atoms with Gasteiger partial charge in [0, 0.05) is 10.5 Å². The summed E-state index contributed by atoms with van der Waals surface area (Å²) in [5.74, 6) is -0.639. The molecule has 1 aromatic carbocycles. The molecule has 0 amide bonds. The molecule has 0 atom stereocenters. The van der Waals surface area contributed by atoms with Crippen molar-refractivity contribution in [3.05, 3.63) is 22.4 Å². The molecule has 0 heterocycles. The van der Waals surface area contributed by atoms with Gasteiger partial charge in [0.1, 0.15) is 5.82 Å². The van der Waals surface area contributed by atoms with Crippen LogP contribution >= 0.6 is 15.9 Å². The molecule has 118 valence electrons. The van der Waals surface area contributed by atoms with E-state index in [4.69, 9.17) is 5.73 Å². The summed E-state index contributed by atoms with van der Waals surface area (Å²) in [4.78, 5) is -0.0220. The highest BCUT2D eigenvalue weighted by atomic mass is 79.9. The summed E-state index contributed by atoms with van der Waals surface area (Å²) < 4.78 is 41.1. The van der Waals surface area contributed by atoms with E-state index >= 15 is 0 Å². The minimum Gasteiger partial charge on any atom is -0.396 e. The Morgan fingerprint density at radius 1 is 1.33 bits per heavy atom. The standard InChI is InChI=1S/C14H20BrFN2O2S/c1-14(2)5-3-9(4-6-14)18-21(19,20)13-8-12(17)11(16)7-10(13)15/h7-9,18H,3-6,17H2,1-2H3. The molecule has 4 nitrogen and oxygen atoms in total. The van der Waals surface area contributed by atoms with E-state index in [0.29, 0.717) is 0 Å². The van der Waals surface area contributed by atoms with Crippen LogP contribution in [0.25, 0.3) is 0 Å². The summed E-state index contributed by atoms with van der Waals surface area (Å²) in [6.45, 7) is 4.38. The van der Waals surface area contributed by atoms with E-state index in [1.54, 1.807) is 0 Å². The van der Waals surface area contributed by atoms with Gasteiger partial charge in [-0.1, -0.05) is 13.8 Å². The van der Waals surface area contributed by atoms with Crippen LogP contribution in [0.2, 0.25) is 0 Å². The second kappa shape index (κ2) is 5.85. The maximum Gasteiger partial charge on any atom is 0.242 e. The van der Waals surface area contributed by atoms with Gasteiger partial charge in [0.25, 0.3) is 0 Å². The predicted molar refractivity (Wildman–Crippen MR) is 84.9 cm³/mol. The van der Waals surface area contributed by atoms with Crippen molar-refractivity contribution in [2.75, 3.05) is 5.73 Å². The number of nitrogens with one attached hydrogen (secondary N) is 1. The summed E-state index contributed by atoms with van der Waals surface area (Å²) in [5.41, 5.74) is 5.56. The summed E-state index contributed by atoms with van der Waals surface area (Å²) >= 11 is 3.09. The van der Waals surface area contributed by atoms with E-state index in [9.17, 15) is 12.8 Å². The molecule has 21 heavy (non-hydrogen) atoms. The lowest BCUT2D eigenvalue weighted by Gasteiger charge is -2.34. The molecule has 7 heteroatoms. The van der Waals surface area contributed by atoms with Gasteiger partial charge in [0.15, 0.2) is 0 Å². The first kappa shape index (κ1) is 16.7. The van der Waals surface area contributed by atoms with Gasteiger partial charge in [-0.05, 0) is 59.2 Å². The normalized spacial score (nSPS) is 19.6. The molecule has 0 bridgehead atoms. The first-order valence-corrected chi connectivity index (χ1v) is 9.15. The Labute approximate surface area is 133 Å². The molecule has 0 radical (unpaired) electrons. The smallest absolute Gasteiger partial charge is 0.242 e. The molecule has 2 rings (SSSR count). The monoisotopic (exact) mass is 378 g/mol. The number of benzene rings is 1. The van der Waals surface area contributed by atoms with Crippen LogP contribution in [0.5, 0.6) is 0 Å². The lowest BCUT2D eigenvalue weighted by atomic mass is 9.76. The van der Waals surface area contributed by atoms with Crippen molar-refractivity contribution in [3.8, 4) is 0 Å². The third-order valence-corrected chi connectivity index (χ3v) is 6.48. The van der Waals surface area contributed by atoms with Crippen LogP contribution in [0.15, 0.2) is 21.5 Å². The Hall–Kier alpha value is -0.660. The number of rotatable bonds is 3. The van der Waals surface area contributed by atoms with Crippen LogP contribution < -0.4 is 10.5 Å². The fraction of sp³-hybridized carbons (Fsp3) is 0.571. The Bertz CT molecular complexity index is 637. The fourth-order valence-corrected chi connectivity index (χ4v) is 4.90. The lowest BCUT2D eigenvalue weighted by molar-refractivity contribution is 0.218.